The van der Waals surface area contributed by atoms with Crippen LogP contribution in [-0.2, 0) is 6.54 Å². The summed E-state index contributed by atoms with van der Waals surface area (Å²) in [5, 5.41) is 13.5. The first-order valence-electron chi connectivity index (χ1n) is 4.08. The van der Waals surface area contributed by atoms with Crippen LogP contribution in [0.5, 0.6) is 5.75 Å². The third kappa shape index (κ3) is 3.24. The van der Waals surface area contributed by atoms with Crippen LogP contribution in [0.1, 0.15) is 5.56 Å². The maximum atomic E-state index is 9.43. The van der Waals surface area contributed by atoms with Crippen molar-refractivity contribution in [1.29, 1.82) is 0 Å². The summed E-state index contributed by atoms with van der Waals surface area (Å²) in [5.41, 5.74) is 7.09. The van der Waals surface area contributed by atoms with Gasteiger partial charge in [0.05, 0.1) is 0 Å². The summed E-state index contributed by atoms with van der Waals surface area (Å²) in [4.78, 5) is 0. The molecule has 0 atom stereocenters. The number of hydrogen-bond acceptors (Lipinski definition) is 3. The van der Waals surface area contributed by atoms with Gasteiger partial charge in [0.15, 0.2) is 0 Å². The van der Waals surface area contributed by atoms with Gasteiger partial charge in [-0.15, -0.1) is 0 Å². The standard InChI is InChI=1S/C9H13BrN2O/c10-3-4-12-6-7-5-8(11)1-2-9(7)13/h1-2,5,12-13H,3-4,6,11H2. The fourth-order valence-electron chi connectivity index (χ4n) is 1.04. The lowest BCUT2D eigenvalue weighted by atomic mass is 10.2. The Morgan fingerprint density at radius 3 is 2.92 bits per heavy atom. The number of halogens is 1. The average Bonchev–Trinajstić information content (AvgIpc) is 2.11. The normalized spacial score (nSPS) is 10.2. The molecule has 1 aromatic carbocycles. The summed E-state index contributed by atoms with van der Waals surface area (Å²) in [6.07, 6.45) is 0. The lowest BCUT2D eigenvalue weighted by molar-refractivity contribution is 0.465. The second kappa shape index (κ2) is 5.09. The molecule has 0 unspecified atom stereocenters. The minimum Gasteiger partial charge on any atom is -0.508 e. The first-order valence-corrected chi connectivity index (χ1v) is 5.20. The van der Waals surface area contributed by atoms with E-state index in [4.69, 9.17) is 5.73 Å². The van der Waals surface area contributed by atoms with E-state index >= 15 is 0 Å². The molecule has 1 aromatic rings. The highest BCUT2D eigenvalue weighted by molar-refractivity contribution is 9.09. The zero-order valence-corrected chi connectivity index (χ0v) is 8.84. The fraction of sp³-hybridized carbons (Fsp3) is 0.333. The lowest BCUT2D eigenvalue weighted by Crippen LogP contribution is -2.15. The molecule has 0 amide bonds. The highest BCUT2D eigenvalue weighted by Crippen LogP contribution is 2.19. The van der Waals surface area contributed by atoms with Gasteiger partial charge in [0, 0.05) is 29.7 Å². The van der Waals surface area contributed by atoms with Crippen LogP contribution < -0.4 is 11.1 Å². The van der Waals surface area contributed by atoms with E-state index in [0.717, 1.165) is 17.4 Å². The molecular formula is C9H13BrN2O. The second-order valence-corrected chi connectivity index (χ2v) is 3.55. The molecule has 0 aliphatic rings. The molecule has 0 heterocycles. The number of benzene rings is 1. The Hall–Kier alpha value is -0.740. The van der Waals surface area contributed by atoms with E-state index in [1.54, 1.807) is 18.2 Å². The summed E-state index contributed by atoms with van der Waals surface area (Å²) in [6.45, 7) is 1.51. The van der Waals surface area contributed by atoms with Gasteiger partial charge in [0.25, 0.3) is 0 Å². The highest BCUT2D eigenvalue weighted by atomic mass is 79.9. The van der Waals surface area contributed by atoms with Gasteiger partial charge in [0.2, 0.25) is 0 Å². The van der Waals surface area contributed by atoms with Crippen molar-refractivity contribution in [2.45, 2.75) is 6.54 Å². The molecule has 0 spiro atoms. The first kappa shape index (κ1) is 10.3. The SMILES string of the molecule is Nc1ccc(O)c(CNCCBr)c1. The van der Waals surface area contributed by atoms with Crippen molar-refractivity contribution in [3.05, 3.63) is 23.8 Å². The molecule has 72 valence electrons. The number of alkyl halides is 1. The van der Waals surface area contributed by atoms with E-state index in [-0.39, 0.29) is 5.75 Å². The van der Waals surface area contributed by atoms with E-state index < -0.39 is 0 Å². The molecule has 1 rings (SSSR count). The predicted octanol–water partition coefficient (Wildman–Crippen LogP) is 1.46. The van der Waals surface area contributed by atoms with Crippen molar-refractivity contribution >= 4 is 21.6 Å². The minimum atomic E-state index is 0.288. The van der Waals surface area contributed by atoms with E-state index in [9.17, 15) is 5.11 Å². The molecule has 0 radical (unpaired) electrons. The molecule has 4 N–H and O–H groups in total. The summed E-state index contributed by atoms with van der Waals surface area (Å²) in [6, 6.07) is 5.07. The van der Waals surface area contributed by atoms with Crippen LogP contribution in [0, 0.1) is 0 Å². The van der Waals surface area contributed by atoms with Gasteiger partial charge >= 0.3 is 0 Å². The van der Waals surface area contributed by atoms with E-state index in [0.29, 0.717) is 12.2 Å². The maximum absolute atomic E-state index is 9.43. The van der Waals surface area contributed by atoms with E-state index in [2.05, 4.69) is 21.2 Å². The van der Waals surface area contributed by atoms with Crippen molar-refractivity contribution in [3.8, 4) is 5.75 Å². The van der Waals surface area contributed by atoms with Crippen LogP contribution in [-0.4, -0.2) is 17.0 Å². The number of aromatic hydroxyl groups is 1. The van der Waals surface area contributed by atoms with E-state index in [1.807, 2.05) is 0 Å². The minimum absolute atomic E-state index is 0.288. The Morgan fingerprint density at radius 1 is 1.46 bits per heavy atom. The van der Waals surface area contributed by atoms with Crippen LogP contribution in [0.3, 0.4) is 0 Å². The van der Waals surface area contributed by atoms with Crippen LogP contribution in [0.15, 0.2) is 18.2 Å². The molecule has 0 aliphatic carbocycles. The number of nitrogens with one attached hydrogen (secondary N) is 1. The van der Waals surface area contributed by atoms with Crippen LogP contribution in [0.2, 0.25) is 0 Å². The van der Waals surface area contributed by atoms with Gasteiger partial charge in [-0.25, -0.2) is 0 Å². The summed E-state index contributed by atoms with van der Waals surface area (Å²) < 4.78 is 0. The van der Waals surface area contributed by atoms with Crippen LogP contribution in [0.25, 0.3) is 0 Å². The summed E-state index contributed by atoms with van der Waals surface area (Å²) in [7, 11) is 0. The zero-order chi connectivity index (χ0) is 9.68. The number of phenolic OH excluding ortho intramolecular Hbond substituents is 1. The van der Waals surface area contributed by atoms with Crippen LogP contribution >= 0.6 is 15.9 Å². The lowest BCUT2D eigenvalue weighted by Gasteiger charge is -2.06. The molecule has 3 nitrogen and oxygen atoms in total. The highest BCUT2D eigenvalue weighted by Gasteiger charge is 1.99. The Kier molecular flexibility index (Phi) is 4.05. The molecule has 0 fully saturated rings. The summed E-state index contributed by atoms with van der Waals surface area (Å²) >= 11 is 3.31. The van der Waals surface area contributed by atoms with Crippen molar-refractivity contribution in [1.82, 2.24) is 5.32 Å². The van der Waals surface area contributed by atoms with Gasteiger partial charge in [-0.1, -0.05) is 15.9 Å². The molecule has 0 saturated heterocycles. The van der Waals surface area contributed by atoms with Crippen LogP contribution in [0.4, 0.5) is 5.69 Å². The summed E-state index contributed by atoms with van der Waals surface area (Å²) in [5.74, 6) is 0.288. The average molecular weight is 245 g/mol. The topological polar surface area (TPSA) is 58.3 Å². The maximum Gasteiger partial charge on any atom is 0.120 e. The predicted molar refractivity (Wildman–Crippen MR) is 58.0 cm³/mol. The first-order chi connectivity index (χ1) is 6.24. The number of hydrogen-bond donors (Lipinski definition) is 3. The van der Waals surface area contributed by atoms with Gasteiger partial charge in [0.1, 0.15) is 5.75 Å². The zero-order valence-electron chi connectivity index (χ0n) is 7.26. The number of anilines is 1. The Morgan fingerprint density at radius 2 is 2.23 bits per heavy atom. The number of nitrogen functional groups attached to an aromatic ring is 1. The van der Waals surface area contributed by atoms with Gasteiger partial charge in [-0.3, -0.25) is 0 Å². The molecule has 0 aliphatic heterocycles. The third-order valence-electron chi connectivity index (χ3n) is 1.69. The smallest absolute Gasteiger partial charge is 0.120 e. The molecule has 0 saturated carbocycles. The molecule has 0 aromatic heterocycles. The Bertz CT molecular complexity index is 278. The fourth-order valence-corrected chi connectivity index (χ4v) is 1.32. The van der Waals surface area contributed by atoms with Crippen molar-refractivity contribution < 1.29 is 5.11 Å². The molecule has 4 heteroatoms. The van der Waals surface area contributed by atoms with E-state index in [1.165, 1.54) is 0 Å². The third-order valence-corrected chi connectivity index (χ3v) is 2.09. The van der Waals surface area contributed by atoms with Crippen molar-refractivity contribution in [3.63, 3.8) is 0 Å². The van der Waals surface area contributed by atoms with Gasteiger partial charge < -0.3 is 16.2 Å². The molecule has 13 heavy (non-hydrogen) atoms. The van der Waals surface area contributed by atoms with Gasteiger partial charge in [-0.05, 0) is 18.2 Å². The second-order valence-electron chi connectivity index (χ2n) is 2.75. The monoisotopic (exact) mass is 244 g/mol. The van der Waals surface area contributed by atoms with Crippen molar-refractivity contribution in [2.24, 2.45) is 0 Å². The Balaban J connectivity index is 2.59. The van der Waals surface area contributed by atoms with Crippen molar-refractivity contribution in [2.75, 3.05) is 17.6 Å². The number of nitrogens with two attached hydrogens (primary N) is 1. The molecule has 0 bridgehead atoms. The number of phenols is 1. The Labute approximate surface area is 86.1 Å². The molecular weight excluding hydrogens is 232 g/mol. The quantitative estimate of drug-likeness (QED) is 0.326. The largest absolute Gasteiger partial charge is 0.508 e. The number of rotatable bonds is 4. The van der Waals surface area contributed by atoms with Gasteiger partial charge in [-0.2, -0.15) is 0 Å².